The fourth-order valence-electron chi connectivity index (χ4n) is 2.56. The topological polar surface area (TPSA) is 24.1 Å². The van der Waals surface area contributed by atoms with Crippen molar-refractivity contribution in [2.75, 3.05) is 6.54 Å². The van der Waals surface area contributed by atoms with Gasteiger partial charge >= 0.3 is 0 Å². The zero-order valence-corrected chi connectivity index (χ0v) is 12.8. The first-order chi connectivity index (χ1) is 8.94. The van der Waals surface area contributed by atoms with Crippen LogP contribution in [-0.2, 0) is 19.4 Å². The molecule has 0 bridgehead atoms. The van der Waals surface area contributed by atoms with Crippen LogP contribution in [0.5, 0.6) is 0 Å². The van der Waals surface area contributed by atoms with Gasteiger partial charge in [0.05, 0.1) is 0 Å². The quantitative estimate of drug-likeness (QED) is 0.850. The molecular weight excluding hydrogens is 232 g/mol. The van der Waals surface area contributed by atoms with Crippen LogP contribution in [0.25, 0.3) is 0 Å². The average molecular weight is 260 g/mol. The second kappa shape index (κ2) is 6.06. The summed E-state index contributed by atoms with van der Waals surface area (Å²) >= 11 is 0. The normalized spacial score (nSPS) is 16.4. The molecule has 0 radical (unpaired) electrons. The lowest BCUT2D eigenvalue weighted by atomic mass is 10.1. The van der Waals surface area contributed by atoms with Crippen molar-refractivity contribution in [3.8, 4) is 0 Å². The Morgan fingerprint density at radius 3 is 2.63 bits per heavy atom. The zero-order chi connectivity index (χ0) is 13.9. The molecule has 1 aliphatic carbocycles. The first kappa shape index (κ1) is 14.5. The minimum Gasteiger partial charge on any atom is -0.311 e. The van der Waals surface area contributed by atoms with Crippen molar-refractivity contribution in [3.05, 3.63) is 34.9 Å². The minimum atomic E-state index is 0.198. The Balaban J connectivity index is 1.79. The van der Waals surface area contributed by atoms with Crippen molar-refractivity contribution < 1.29 is 0 Å². The van der Waals surface area contributed by atoms with E-state index in [1.165, 1.54) is 24.8 Å². The lowest BCUT2D eigenvalue weighted by Crippen LogP contribution is -2.44. The zero-order valence-electron chi connectivity index (χ0n) is 12.8. The second-order valence-corrected chi connectivity index (χ2v) is 6.87. The fraction of sp³-hybridized carbons (Fsp3) is 0.647. The SMILES string of the molecule is CC(CNC(C)(C)C)NCc1ccc2c(c1)CCC2. The molecule has 0 aromatic heterocycles. The summed E-state index contributed by atoms with van der Waals surface area (Å²) in [7, 11) is 0. The summed E-state index contributed by atoms with van der Waals surface area (Å²) in [4.78, 5) is 0. The predicted octanol–water partition coefficient (Wildman–Crippen LogP) is 3.04. The van der Waals surface area contributed by atoms with Crippen LogP contribution in [0, 0.1) is 0 Å². The first-order valence-electron chi connectivity index (χ1n) is 7.53. The molecule has 2 heteroatoms. The van der Waals surface area contributed by atoms with E-state index in [2.05, 4.69) is 56.5 Å². The molecule has 1 aromatic rings. The average Bonchev–Trinajstić information content (AvgIpc) is 2.80. The standard InChI is InChI=1S/C17H28N2/c1-13(11-19-17(2,3)4)18-12-14-8-9-15-6-5-7-16(15)10-14/h8-10,13,18-19H,5-7,11-12H2,1-4H3. The smallest absolute Gasteiger partial charge is 0.0208 e. The third-order valence-electron chi connectivity index (χ3n) is 3.76. The van der Waals surface area contributed by atoms with E-state index in [1.807, 2.05) is 0 Å². The molecule has 2 rings (SSSR count). The molecule has 0 aliphatic heterocycles. The van der Waals surface area contributed by atoms with Crippen molar-refractivity contribution in [1.82, 2.24) is 10.6 Å². The predicted molar refractivity (Wildman–Crippen MR) is 82.5 cm³/mol. The van der Waals surface area contributed by atoms with Gasteiger partial charge in [-0.1, -0.05) is 18.2 Å². The molecule has 1 atom stereocenters. The summed E-state index contributed by atoms with van der Waals surface area (Å²) in [5.41, 5.74) is 4.75. The van der Waals surface area contributed by atoms with Gasteiger partial charge in [-0.25, -0.2) is 0 Å². The van der Waals surface area contributed by atoms with E-state index in [0.717, 1.165) is 13.1 Å². The van der Waals surface area contributed by atoms with Gasteiger partial charge in [0.1, 0.15) is 0 Å². The van der Waals surface area contributed by atoms with Gasteiger partial charge in [0.2, 0.25) is 0 Å². The Kier molecular flexibility index (Phi) is 4.64. The van der Waals surface area contributed by atoms with Crippen LogP contribution in [0.2, 0.25) is 0 Å². The maximum absolute atomic E-state index is 3.60. The van der Waals surface area contributed by atoms with Gasteiger partial charge in [-0.3, -0.25) is 0 Å². The van der Waals surface area contributed by atoms with Gasteiger partial charge in [0.25, 0.3) is 0 Å². The van der Waals surface area contributed by atoms with Gasteiger partial charge in [0.15, 0.2) is 0 Å². The van der Waals surface area contributed by atoms with Crippen LogP contribution < -0.4 is 10.6 Å². The third kappa shape index (κ3) is 4.63. The minimum absolute atomic E-state index is 0.198. The Bertz CT molecular complexity index is 418. The van der Waals surface area contributed by atoms with Gasteiger partial charge in [-0.15, -0.1) is 0 Å². The largest absolute Gasteiger partial charge is 0.311 e. The molecule has 0 heterocycles. The van der Waals surface area contributed by atoms with E-state index in [4.69, 9.17) is 0 Å². The van der Waals surface area contributed by atoms with Crippen molar-refractivity contribution in [2.45, 2.75) is 65.1 Å². The van der Waals surface area contributed by atoms with E-state index >= 15 is 0 Å². The summed E-state index contributed by atoms with van der Waals surface area (Å²) < 4.78 is 0. The van der Waals surface area contributed by atoms with Gasteiger partial charge in [0, 0.05) is 24.7 Å². The van der Waals surface area contributed by atoms with E-state index in [9.17, 15) is 0 Å². The van der Waals surface area contributed by atoms with Gasteiger partial charge < -0.3 is 10.6 Å². The van der Waals surface area contributed by atoms with Crippen LogP contribution >= 0.6 is 0 Å². The summed E-state index contributed by atoms with van der Waals surface area (Å²) in [6, 6.07) is 7.48. The summed E-state index contributed by atoms with van der Waals surface area (Å²) in [5.74, 6) is 0. The molecule has 106 valence electrons. The molecule has 0 saturated heterocycles. The number of aryl methyl sites for hydroxylation is 2. The molecule has 19 heavy (non-hydrogen) atoms. The third-order valence-corrected chi connectivity index (χ3v) is 3.76. The molecule has 0 spiro atoms. The number of hydrogen-bond acceptors (Lipinski definition) is 2. The number of benzene rings is 1. The van der Waals surface area contributed by atoms with Gasteiger partial charge in [-0.05, 0) is 63.6 Å². The van der Waals surface area contributed by atoms with Crippen molar-refractivity contribution in [2.24, 2.45) is 0 Å². The molecule has 2 N–H and O–H groups in total. The van der Waals surface area contributed by atoms with E-state index in [1.54, 1.807) is 11.1 Å². The highest BCUT2D eigenvalue weighted by molar-refractivity contribution is 5.35. The van der Waals surface area contributed by atoms with Crippen LogP contribution in [0.3, 0.4) is 0 Å². The highest BCUT2D eigenvalue weighted by Gasteiger charge is 2.12. The number of hydrogen-bond donors (Lipinski definition) is 2. The highest BCUT2D eigenvalue weighted by atomic mass is 15.0. The fourth-order valence-corrected chi connectivity index (χ4v) is 2.56. The van der Waals surface area contributed by atoms with Crippen molar-refractivity contribution in [3.63, 3.8) is 0 Å². The Labute approximate surface area is 118 Å². The highest BCUT2D eigenvalue weighted by Crippen LogP contribution is 2.22. The van der Waals surface area contributed by atoms with Crippen LogP contribution in [0.1, 0.15) is 50.8 Å². The molecule has 0 saturated carbocycles. The number of fused-ring (bicyclic) bond motifs is 1. The maximum Gasteiger partial charge on any atom is 0.0208 e. The molecular formula is C17H28N2. The van der Waals surface area contributed by atoms with Crippen LogP contribution in [-0.4, -0.2) is 18.1 Å². The van der Waals surface area contributed by atoms with E-state index in [0.29, 0.717) is 6.04 Å². The second-order valence-electron chi connectivity index (χ2n) is 6.87. The molecule has 1 unspecified atom stereocenters. The molecule has 0 amide bonds. The Morgan fingerprint density at radius 2 is 1.89 bits per heavy atom. The molecule has 2 nitrogen and oxygen atoms in total. The van der Waals surface area contributed by atoms with Gasteiger partial charge in [-0.2, -0.15) is 0 Å². The Morgan fingerprint density at radius 1 is 1.16 bits per heavy atom. The molecule has 0 fully saturated rings. The Hall–Kier alpha value is -0.860. The van der Waals surface area contributed by atoms with Crippen molar-refractivity contribution >= 4 is 0 Å². The van der Waals surface area contributed by atoms with Crippen LogP contribution in [0.15, 0.2) is 18.2 Å². The summed E-state index contributed by atoms with van der Waals surface area (Å²) in [6.07, 6.45) is 3.87. The monoisotopic (exact) mass is 260 g/mol. The lowest BCUT2D eigenvalue weighted by Gasteiger charge is -2.24. The van der Waals surface area contributed by atoms with Crippen LogP contribution in [0.4, 0.5) is 0 Å². The summed E-state index contributed by atoms with van der Waals surface area (Å²) in [6.45, 7) is 10.8. The molecule has 1 aliphatic rings. The van der Waals surface area contributed by atoms with Crippen molar-refractivity contribution in [1.29, 1.82) is 0 Å². The number of rotatable bonds is 5. The van der Waals surface area contributed by atoms with E-state index < -0.39 is 0 Å². The first-order valence-corrected chi connectivity index (χ1v) is 7.53. The number of nitrogens with one attached hydrogen (secondary N) is 2. The maximum atomic E-state index is 3.60. The summed E-state index contributed by atoms with van der Waals surface area (Å²) in [5, 5.41) is 7.14. The van der Waals surface area contributed by atoms with E-state index in [-0.39, 0.29) is 5.54 Å². The lowest BCUT2D eigenvalue weighted by molar-refractivity contribution is 0.387. The molecule has 1 aromatic carbocycles.